The van der Waals surface area contributed by atoms with Gasteiger partial charge in [-0.25, -0.2) is 0 Å². The zero-order chi connectivity index (χ0) is 14.4. The van der Waals surface area contributed by atoms with Crippen molar-refractivity contribution >= 4 is 0 Å². The number of nitrogens with one attached hydrogen (secondary N) is 1. The lowest BCUT2D eigenvalue weighted by Crippen LogP contribution is -2.34. The fourth-order valence-electron chi connectivity index (χ4n) is 2.74. The molecule has 0 radical (unpaired) electrons. The van der Waals surface area contributed by atoms with Crippen LogP contribution in [-0.4, -0.2) is 31.0 Å². The van der Waals surface area contributed by atoms with E-state index in [0.717, 1.165) is 49.3 Å². The summed E-state index contributed by atoms with van der Waals surface area (Å²) in [5.74, 6) is 1.62. The normalized spacial score (nSPS) is 22.6. The molecule has 0 unspecified atom stereocenters. The third-order valence-corrected chi connectivity index (χ3v) is 3.84. The molecule has 0 aliphatic heterocycles. The van der Waals surface area contributed by atoms with E-state index in [1.807, 2.05) is 19.1 Å². The lowest BCUT2D eigenvalue weighted by molar-refractivity contribution is 0.116. The van der Waals surface area contributed by atoms with E-state index in [2.05, 4.69) is 11.4 Å². The van der Waals surface area contributed by atoms with Gasteiger partial charge in [-0.1, -0.05) is 12.1 Å². The van der Waals surface area contributed by atoms with Crippen LogP contribution < -0.4 is 14.8 Å². The summed E-state index contributed by atoms with van der Waals surface area (Å²) in [4.78, 5) is 0. The minimum atomic E-state index is -0.108. The van der Waals surface area contributed by atoms with Gasteiger partial charge in [0.2, 0.25) is 0 Å². The Morgan fingerprint density at radius 1 is 1.25 bits per heavy atom. The van der Waals surface area contributed by atoms with E-state index in [9.17, 15) is 5.11 Å². The first-order chi connectivity index (χ1) is 9.74. The number of para-hydroxylation sites is 1. The molecule has 0 saturated heterocycles. The summed E-state index contributed by atoms with van der Waals surface area (Å²) in [7, 11) is 1.68. The van der Waals surface area contributed by atoms with Crippen molar-refractivity contribution in [2.24, 2.45) is 0 Å². The first-order valence-electron chi connectivity index (χ1n) is 7.44. The number of aliphatic hydroxyl groups is 1. The molecule has 1 aromatic carbocycles. The molecule has 0 aromatic heterocycles. The molecule has 0 amide bonds. The first-order valence-corrected chi connectivity index (χ1v) is 7.44. The van der Waals surface area contributed by atoms with Gasteiger partial charge in [0.15, 0.2) is 11.5 Å². The van der Waals surface area contributed by atoms with E-state index in [1.165, 1.54) is 0 Å². The number of hydrogen-bond acceptors (Lipinski definition) is 4. The maximum absolute atomic E-state index is 9.53. The highest BCUT2D eigenvalue weighted by Gasteiger charge is 2.19. The molecule has 1 aliphatic carbocycles. The minimum absolute atomic E-state index is 0.108. The fourth-order valence-corrected chi connectivity index (χ4v) is 2.74. The van der Waals surface area contributed by atoms with Gasteiger partial charge in [-0.2, -0.15) is 0 Å². The maximum Gasteiger partial charge on any atom is 0.165 e. The van der Waals surface area contributed by atoms with Crippen LogP contribution in [0.2, 0.25) is 0 Å². The number of methoxy groups -OCH3 is 1. The molecule has 0 atom stereocenters. The third-order valence-electron chi connectivity index (χ3n) is 3.84. The molecular weight excluding hydrogens is 254 g/mol. The molecule has 2 N–H and O–H groups in total. The van der Waals surface area contributed by atoms with Gasteiger partial charge in [-0.05, 0) is 38.7 Å². The van der Waals surface area contributed by atoms with Crippen molar-refractivity contribution in [3.8, 4) is 11.5 Å². The monoisotopic (exact) mass is 279 g/mol. The number of rotatable bonds is 6. The fraction of sp³-hybridized carbons (Fsp3) is 0.625. The lowest BCUT2D eigenvalue weighted by atomic mass is 9.93. The third kappa shape index (κ3) is 3.87. The Balaban J connectivity index is 1.96. The molecule has 20 heavy (non-hydrogen) atoms. The van der Waals surface area contributed by atoms with E-state index >= 15 is 0 Å². The van der Waals surface area contributed by atoms with Gasteiger partial charge in [0.1, 0.15) is 0 Å². The molecule has 1 saturated carbocycles. The van der Waals surface area contributed by atoms with E-state index in [0.29, 0.717) is 12.6 Å². The molecule has 4 nitrogen and oxygen atoms in total. The summed E-state index contributed by atoms with van der Waals surface area (Å²) < 4.78 is 11.1. The van der Waals surface area contributed by atoms with Crippen LogP contribution in [0.4, 0.5) is 0 Å². The number of hydrogen-bond donors (Lipinski definition) is 2. The lowest BCUT2D eigenvalue weighted by Gasteiger charge is -2.26. The van der Waals surface area contributed by atoms with Crippen LogP contribution in [0.3, 0.4) is 0 Å². The highest BCUT2D eigenvalue weighted by Crippen LogP contribution is 2.31. The molecule has 0 heterocycles. The smallest absolute Gasteiger partial charge is 0.165 e. The predicted molar refractivity (Wildman–Crippen MR) is 79.3 cm³/mol. The van der Waals surface area contributed by atoms with Crippen molar-refractivity contribution in [2.45, 2.75) is 51.3 Å². The zero-order valence-corrected chi connectivity index (χ0v) is 12.4. The molecule has 0 spiro atoms. The van der Waals surface area contributed by atoms with Gasteiger partial charge in [0.05, 0.1) is 19.8 Å². The minimum Gasteiger partial charge on any atom is -0.493 e. The summed E-state index contributed by atoms with van der Waals surface area (Å²) in [5.41, 5.74) is 1.12. The van der Waals surface area contributed by atoms with Crippen LogP contribution in [-0.2, 0) is 6.54 Å². The van der Waals surface area contributed by atoms with Crippen LogP contribution in [0, 0.1) is 0 Å². The Kier molecular flexibility index (Phi) is 5.68. The van der Waals surface area contributed by atoms with E-state index in [4.69, 9.17) is 9.47 Å². The second-order valence-corrected chi connectivity index (χ2v) is 5.27. The predicted octanol–water partition coefficient (Wildman–Crippen LogP) is 2.49. The van der Waals surface area contributed by atoms with Crippen molar-refractivity contribution in [3.05, 3.63) is 23.8 Å². The Morgan fingerprint density at radius 2 is 2.00 bits per heavy atom. The van der Waals surface area contributed by atoms with Crippen LogP contribution in [0.1, 0.15) is 38.2 Å². The van der Waals surface area contributed by atoms with Gasteiger partial charge in [-0.15, -0.1) is 0 Å². The Hall–Kier alpha value is -1.26. The van der Waals surface area contributed by atoms with Gasteiger partial charge in [0.25, 0.3) is 0 Å². The molecule has 2 rings (SSSR count). The summed E-state index contributed by atoms with van der Waals surface area (Å²) in [5, 5.41) is 13.1. The SMILES string of the molecule is CCOc1cccc(CNC2CCC(O)CC2)c1OC. The maximum atomic E-state index is 9.53. The highest BCUT2D eigenvalue weighted by atomic mass is 16.5. The molecule has 1 aromatic rings. The molecule has 1 fully saturated rings. The Labute approximate surface area is 121 Å². The molecule has 112 valence electrons. The van der Waals surface area contributed by atoms with Crippen molar-refractivity contribution in [3.63, 3.8) is 0 Å². The van der Waals surface area contributed by atoms with Crippen LogP contribution in [0.5, 0.6) is 11.5 Å². The molecule has 0 bridgehead atoms. The summed E-state index contributed by atoms with van der Waals surface area (Å²) in [6.45, 7) is 3.37. The first kappa shape index (κ1) is 15.1. The van der Waals surface area contributed by atoms with E-state index in [-0.39, 0.29) is 6.10 Å². The number of benzene rings is 1. The quantitative estimate of drug-likeness (QED) is 0.840. The molecule has 4 heteroatoms. The van der Waals surface area contributed by atoms with Crippen molar-refractivity contribution in [1.82, 2.24) is 5.32 Å². The number of ether oxygens (including phenoxy) is 2. The topological polar surface area (TPSA) is 50.7 Å². The summed E-state index contributed by atoms with van der Waals surface area (Å²) in [6.07, 6.45) is 3.76. The molecular formula is C16H25NO3. The summed E-state index contributed by atoms with van der Waals surface area (Å²) in [6, 6.07) is 6.48. The van der Waals surface area contributed by atoms with Gasteiger partial charge >= 0.3 is 0 Å². The Bertz CT molecular complexity index is 414. The van der Waals surface area contributed by atoms with Crippen LogP contribution in [0.15, 0.2) is 18.2 Å². The van der Waals surface area contributed by atoms with E-state index in [1.54, 1.807) is 7.11 Å². The van der Waals surface area contributed by atoms with Crippen molar-refractivity contribution < 1.29 is 14.6 Å². The highest BCUT2D eigenvalue weighted by molar-refractivity contribution is 5.46. The van der Waals surface area contributed by atoms with Gasteiger partial charge in [-0.3, -0.25) is 0 Å². The average Bonchev–Trinajstić information content (AvgIpc) is 2.47. The van der Waals surface area contributed by atoms with Crippen LogP contribution in [0.25, 0.3) is 0 Å². The van der Waals surface area contributed by atoms with Crippen LogP contribution >= 0.6 is 0 Å². The van der Waals surface area contributed by atoms with Gasteiger partial charge < -0.3 is 19.9 Å². The van der Waals surface area contributed by atoms with Crippen molar-refractivity contribution in [1.29, 1.82) is 0 Å². The second kappa shape index (κ2) is 7.50. The summed E-state index contributed by atoms with van der Waals surface area (Å²) >= 11 is 0. The van der Waals surface area contributed by atoms with Gasteiger partial charge in [0, 0.05) is 18.2 Å². The largest absolute Gasteiger partial charge is 0.493 e. The standard InChI is InChI=1S/C16H25NO3/c1-3-20-15-6-4-5-12(16(15)19-2)11-17-13-7-9-14(18)10-8-13/h4-6,13-14,17-18H,3,7-11H2,1-2H3. The number of aliphatic hydroxyl groups excluding tert-OH is 1. The van der Waals surface area contributed by atoms with Crippen molar-refractivity contribution in [2.75, 3.05) is 13.7 Å². The average molecular weight is 279 g/mol. The van der Waals surface area contributed by atoms with E-state index < -0.39 is 0 Å². The second-order valence-electron chi connectivity index (χ2n) is 5.27. The Morgan fingerprint density at radius 3 is 2.65 bits per heavy atom. The zero-order valence-electron chi connectivity index (χ0n) is 12.4. The molecule has 1 aliphatic rings.